The van der Waals surface area contributed by atoms with Crippen molar-refractivity contribution in [3.63, 3.8) is 0 Å². The summed E-state index contributed by atoms with van der Waals surface area (Å²) in [5.74, 6) is 0.229. The van der Waals surface area contributed by atoms with Gasteiger partial charge in [-0.2, -0.15) is 8.42 Å². The van der Waals surface area contributed by atoms with E-state index in [9.17, 15) is 18.3 Å². The van der Waals surface area contributed by atoms with Crippen LogP contribution in [-0.2, 0) is 34.8 Å². The molecule has 2 N–H and O–H groups in total. The fraction of sp³-hybridized carbons (Fsp3) is 0.429. The molecule has 10 nitrogen and oxygen atoms in total. The largest absolute Gasteiger partial charge is 0.488 e. The van der Waals surface area contributed by atoms with Crippen molar-refractivity contribution >= 4 is 44.8 Å². The van der Waals surface area contributed by atoms with E-state index in [1.807, 2.05) is 26.1 Å². The Morgan fingerprint density at radius 1 is 1.22 bits per heavy atom. The van der Waals surface area contributed by atoms with Crippen molar-refractivity contribution in [1.29, 1.82) is 0 Å². The van der Waals surface area contributed by atoms with E-state index in [1.54, 1.807) is 47.7 Å². The fourth-order valence-electron chi connectivity index (χ4n) is 4.77. The van der Waals surface area contributed by atoms with Gasteiger partial charge in [0.15, 0.2) is 5.03 Å². The van der Waals surface area contributed by atoms with Gasteiger partial charge in [-0.1, -0.05) is 36.2 Å². The van der Waals surface area contributed by atoms with Gasteiger partial charge in [-0.3, -0.25) is 14.4 Å². The van der Waals surface area contributed by atoms with Crippen LogP contribution in [0.5, 0.6) is 5.75 Å². The maximum Gasteiger partial charge on any atom is 0.280 e. The predicted molar refractivity (Wildman–Crippen MR) is 159 cm³/mol. The Morgan fingerprint density at radius 2 is 1.98 bits per heavy atom. The molecule has 41 heavy (non-hydrogen) atoms. The van der Waals surface area contributed by atoms with Crippen molar-refractivity contribution in [2.75, 3.05) is 31.5 Å². The van der Waals surface area contributed by atoms with Crippen molar-refractivity contribution in [3.8, 4) is 5.75 Å². The van der Waals surface area contributed by atoms with Crippen LogP contribution in [0.25, 0.3) is 0 Å². The number of amides is 1. The Morgan fingerprint density at radius 3 is 2.63 bits per heavy atom. The molecule has 3 aromatic rings. The average Bonchev–Trinajstić information content (AvgIpc) is 3.37. The van der Waals surface area contributed by atoms with Crippen molar-refractivity contribution in [1.82, 2.24) is 19.4 Å². The number of anilines is 1. The quantitative estimate of drug-likeness (QED) is 0.372. The van der Waals surface area contributed by atoms with Crippen molar-refractivity contribution in [2.45, 2.75) is 44.0 Å². The topological polar surface area (TPSA) is 117 Å². The standard InChI is InChI=1S/C28H35Cl2N5O5S/c1-18-12-35(19(2)16-36)28(37)11-21-10-22(32-41(38,39)27-15-34(4)17-31-27)6-8-25(21)40-26(18)14-33(3)13-20-5-7-23(29)24(30)9-20/h5-10,15,17-19,26,32,36H,11-14,16H2,1-4H3/t18-,19+,26+/m1/s1. The minimum absolute atomic E-state index is 0.0165. The lowest BCUT2D eigenvalue weighted by Crippen LogP contribution is -2.47. The summed E-state index contributed by atoms with van der Waals surface area (Å²) in [6.45, 7) is 5.15. The van der Waals surface area contributed by atoms with Gasteiger partial charge in [0.05, 0.1) is 35.4 Å². The van der Waals surface area contributed by atoms with Crippen LogP contribution in [0.4, 0.5) is 5.69 Å². The number of rotatable bonds is 9. The first-order valence-corrected chi connectivity index (χ1v) is 15.4. The van der Waals surface area contributed by atoms with E-state index in [2.05, 4.69) is 14.6 Å². The van der Waals surface area contributed by atoms with Crippen LogP contribution in [0.2, 0.25) is 10.0 Å². The third-order valence-electron chi connectivity index (χ3n) is 7.05. The van der Waals surface area contributed by atoms with Gasteiger partial charge < -0.3 is 19.3 Å². The molecule has 0 radical (unpaired) electrons. The lowest BCUT2D eigenvalue weighted by Gasteiger charge is -2.34. The van der Waals surface area contributed by atoms with E-state index in [4.69, 9.17) is 27.9 Å². The third kappa shape index (κ3) is 7.72. The molecule has 222 valence electrons. The lowest BCUT2D eigenvalue weighted by molar-refractivity contribution is -0.134. The second-order valence-corrected chi connectivity index (χ2v) is 13.1. The highest BCUT2D eigenvalue weighted by molar-refractivity contribution is 7.92. The van der Waals surface area contributed by atoms with E-state index in [1.165, 1.54) is 12.5 Å². The summed E-state index contributed by atoms with van der Waals surface area (Å²) in [4.78, 5) is 21.2. The Kier molecular flexibility index (Phi) is 9.86. The number of aliphatic hydroxyl groups excluding tert-OH is 1. The Hall–Kier alpha value is -2.83. The number of aryl methyl sites for hydroxylation is 1. The number of imidazole rings is 1. The summed E-state index contributed by atoms with van der Waals surface area (Å²) in [6, 6.07) is 10.0. The Labute approximate surface area is 250 Å². The van der Waals surface area contributed by atoms with Crippen LogP contribution in [-0.4, -0.2) is 77.7 Å². The highest BCUT2D eigenvalue weighted by atomic mass is 35.5. The number of halogens is 2. The number of aromatic nitrogens is 2. The van der Waals surface area contributed by atoms with Crippen LogP contribution in [0, 0.1) is 5.92 Å². The Balaban J connectivity index is 1.62. The molecule has 1 aliphatic heterocycles. The molecule has 1 aliphatic rings. The summed E-state index contributed by atoms with van der Waals surface area (Å²) >= 11 is 12.3. The Bertz CT molecular complexity index is 1500. The molecule has 0 spiro atoms. The average molecular weight is 625 g/mol. The molecular weight excluding hydrogens is 589 g/mol. The first kappa shape index (κ1) is 31.1. The number of hydrogen-bond acceptors (Lipinski definition) is 7. The van der Waals surface area contributed by atoms with E-state index >= 15 is 0 Å². The molecule has 0 aliphatic carbocycles. The molecule has 2 heterocycles. The first-order chi connectivity index (χ1) is 19.4. The van der Waals surface area contributed by atoms with E-state index in [0.29, 0.717) is 41.0 Å². The molecule has 0 saturated heterocycles. The summed E-state index contributed by atoms with van der Waals surface area (Å²) in [5, 5.41) is 10.7. The number of nitrogens with one attached hydrogen (secondary N) is 1. The fourth-order valence-corrected chi connectivity index (χ4v) is 6.12. The second-order valence-electron chi connectivity index (χ2n) is 10.6. The van der Waals surface area contributed by atoms with E-state index in [-0.39, 0.29) is 41.7 Å². The van der Waals surface area contributed by atoms with E-state index < -0.39 is 16.1 Å². The summed E-state index contributed by atoms with van der Waals surface area (Å²) in [5.41, 5.74) is 1.82. The van der Waals surface area contributed by atoms with Crippen molar-refractivity contribution in [3.05, 3.63) is 70.1 Å². The van der Waals surface area contributed by atoms with Crippen LogP contribution in [0.15, 0.2) is 53.9 Å². The van der Waals surface area contributed by atoms with Crippen LogP contribution >= 0.6 is 23.2 Å². The molecule has 13 heteroatoms. The van der Waals surface area contributed by atoms with Gasteiger partial charge in [0.25, 0.3) is 10.0 Å². The van der Waals surface area contributed by atoms with Crippen molar-refractivity contribution < 1.29 is 23.1 Å². The minimum Gasteiger partial charge on any atom is -0.488 e. The highest BCUT2D eigenvalue weighted by Gasteiger charge is 2.31. The maximum absolute atomic E-state index is 13.5. The second kappa shape index (κ2) is 13.0. The van der Waals surface area contributed by atoms with Gasteiger partial charge in [0.2, 0.25) is 5.91 Å². The van der Waals surface area contributed by atoms with Gasteiger partial charge >= 0.3 is 0 Å². The number of sulfonamides is 1. The van der Waals surface area contributed by atoms with Gasteiger partial charge in [-0.15, -0.1) is 0 Å². The number of hydrogen-bond donors (Lipinski definition) is 2. The molecule has 1 aromatic heterocycles. The number of benzene rings is 2. The number of carbonyl (C=O) groups is 1. The molecule has 0 saturated carbocycles. The lowest BCUT2D eigenvalue weighted by atomic mass is 10.0. The smallest absolute Gasteiger partial charge is 0.280 e. The number of carbonyl (C=O) groups excluding carboxylic acids is 1. The first-order valence-electron chi connectivity index (χ1n) is 13.2. The monoisotopic (exact) mass is 623 g/mol. The third-order valence-corrected chi connectivity index (χ3v) is 9.06. The highest BCUT2D eigenvalue weighted by Crippen LogP contribution is 2.30. The molecule has 0 unspecified atom stereocenters. The molecule has 4 rings (SSSR count). The summed E-state index contributed by atoms with van der Waals surface area (Å²) in [7, 11) is -0.275. The number of aliphatic hydroxyl groups is 1. The van der Waals surface area contributed by atoms with Gasteiger partial charge in [0, 0.05) is 50.0 Å². The maximum atomic E-state index is 13.5. The molecule has 0 fully saturated rings. The van der Waals surface area contributed by atoms with Crippen LogP contribution < -0.4 is 9.46 Å². The van der Waals surface area contributed by atoms with Gasteiger partial charge in [0.1, 0.15) is 11.9 Å². The molecular formula is C28H35Cl2N5O5S. The van der Waals surface area contributed by atoms with Gasteiger partial charge in [-0.05, 0) is 49.9 Å². The van der Waals surface area contributed by atoms with E-state index in [0.717, 1.165) is 5.56 Å². The van der Waals surface area contributed by atoms with Gasteiger partial charge in [-0.25, -0.2) is 4.98 Å². The zero-order chi connectivity index (χ0) is 29.9. The SMILES string of the molecule is C[C@@H]1CN([C@@H](C)CO)C(=O)Cc2cc(NS(=O)(=O)c3cn(C)cn3)ccc2O[C@H]1CN(C)Cc1ccc(Cl)c(Cl)c1. The molecule has 3 atom stereocenters. The number of nitrogens with zero attached hydrogens (tertiary/aromatic N) is 4. The predicted octanol–water partition coefficient (Wildman–Crippen LogP) is 3.81. The van der Waals surface area contributed by atoms with Crippen LogP contribution in [0.1, 0.15) is 25.0 Å². The number of likely N-dealkylation sites (N-methyl/N-ethyl adjacent to an activating group) is 1. The molecule has 0 bridgehead atoms. The summed E-state index contributed by atoms with van der Waals surface area (Å²) in [6.07, 6.45) is 2.47. The molecule has 2 aromatic carbocycles. The van der Waals surface area contributed by atoms with Crippen LogP contribution in [0.3, 0.4) is 0 Å². The normalized spacial score (nSPS) is 18.7. The minimum atomic E-state index is -3.93. The number of fused-ring (bicyclic) bond motifs is 1. The van der Waals surface area contributed by atoms with Crippen molar-refractivity contribution in [2.24, 2.45) is 13.0 Å². The summed E-state index contributed by atoms with van der Waals surface area (Å²) < 4.78 is 36.4. The molecule has 1 amide bonds. The number of ether oxygens (including phenoxy) is 1. The zero-order valence-corrected chi connectivity index (χ0v) is 25.7. The zero-order valence-electron chi connectivity index (χ0n) is 23.4.